The molecule has 23 heavy (non-hydrogen) atoms. The van der Waals surface area contributed by atoms with Gasteiger partial charge in [0, 0.05) is 53.4 Å². The van der Waals surface area contributed by atoms with Crippen molar-refractivity contribution >= 4 is 22.5 Å². The first-order valence-electron chi connectivity index (χ1n) is 7.63. The lowest BCUT2D eigenvalue weighted by Gasteiger charge is -2.37. The summed E-state index contributed by atoms with van der Waals surface area (Å²) < 4.78 is 13.6. The predicted molar refractivity (Wildman–Crippen MR) is 93.4 cm³/mol. The number of nitrogens with one attached hydrogen (secondary N) is 1. The fourth-order valence-corrected chi connectivity index (χ4v) is 3.95. The number of carbonyl (C=O) groups excluding carboxylic acids is 1. The van der Waals surface area contributed by atoms with Gasteiger partial charge in [-0.2, -0.15) is 0 Å². The van der Waals surface area contributed by atoms with Crippen LogP contribution in [0.25, 0.3) is 5.69 Å². The number of hydrogen-bond acceptors (Lipinski definition) is 2. The molecular formula is C17H21N3O2S. The predicted octanol–water partition coefficient (Wildman–Crippen LogP) is 2.85. The van der Waals surface area contributed by atoms with Crippen LogP contribution in [0.4, 0.5) is 10.5 Å². The van der Waals surface area contributed by atoms with E-state index in [9.17, 15) is 9.00 Å². The maximum Gasteiger partial charge on any atom is 0.321 e. The molecule has 1 aliphatic rings. The standard InChI is InChI=1S/C17H21N3O2S/c1-17(2)13-20(10-11-23(17)22)16(21)18-14-6-5-7-15(12-14)19-8-3-4-9-19/h3-9,12H,10-11,13H2,1-2H3,(H,18,21). The van der Waals surface area contributed by atoms with Gasteiger partial charge in [0.25, 0.3) is 0 Å². The van der Waals surface area contributed by atoms with E-state index in [1.165, 1.54) is 0 Å². The van der Waals surface area contributed by atoms with Crippen molar-refractivity contribution in [2.24, 2.45) is 0 Å². The van der Waals surface area contributed by atoms with Gasteiger partial charge in [0.1, 0.15) is 0 Å². The van der Waals surface area contributed by atoms with E-state index in [2.05, 4.69) is 5.32 Å². The van der Waals surface area contributed by atoms with E-state index < -0.39 is 10.8 Å². The zero-order valence-corrected chi connectivity index (χ0v) is 14.2. The van der Waals surface area contributed by atoms with Gasteiger partial charge < -0.3 is 14.8 Å². The number of nitrogens with zero attached hydrogens (tertiary/aromatic N) is 2. The summed E-state index contributed by atoms with van der Waals surface area (Å²) in [7, 11) is -0.883. The maximum absolute atomic E-state index is 12.5. The van der Waals surface area contributed by atoms with E-state index >= 15 is 0 Å². The summed E-state index contributed by atoms with van der Waals surface area (Å²) in [6.45, 7) is 4.91. The Morgan fingerprint density at radius 2 is 1.96 bits per heavy atom. The Labute approximate surface area is 138 Å². The number of amides is 2. The van der Waals surface area contributed by atoms with Gasteiger partial charge in [-0.15, -0.1) is 0 Å². The molecule has 0 aliphatic carbocycles. The summed E-state index contributed by atoms with van der Waals surface area (Å²) in [4.78, 5) is 14.2. The average molecular weight is 331 g/mol. The van der Waals surface area contributed by atoms with Gasteiger partial charge in [-0.25, -0.2) is 4.79 Å². The number of urea groups is 1. The van der Waals surface area contributed by atoms with Crippen LogP contribution in [0.5, 0.6) is 0 Å². The Morgan fingerprint density at radius 3 is 2.65 bits per heavy atom. The molecule has 3 rings (SSSR count). The summed E-state index contributed by atoms with van der Waals surface area (Å²) in [6.07, 6.45) is 3.92. The fraction of sp³-hybridized carbons (Fsp3) is 0.353. The second-order valence-electron chi connectivity index (χ2n) is 6.30. The molecule has 0 radical (unpaired) electrons. The third-order valence-electron chi connectivity index (χ3n) is 4.02. The summed E-state index contributed by atoms with van der Waals surface area (Å²) in [6, 6.07) is 11.5. The molecule has 0 bridgehead atoms. The van der Waals surface area contributed by atoms with Crippen molar-refractivity contribution in [1.82, 2.24) is 9.47 Å². The van der Waals surface area contributed by atoms with Gasteiger partial charge in [-0.3, -0.25) is 4.21 Å². The minimum atomic E-state index is -0.883. The average Bonchev–Trinajstić information content (AvgIpc) is 3.04. The van der Waals surface area contributed by atoms with Gasteiger partial charge in [0.15, 0.2) is 0 Å². The Bertz CT molecular complexity index is 725. The Hall–Kier alpha value is -2.08. The van der Waals surface area contributed by atoms with Crippen LogP contribution in [0.2, 0.25) is 0 Å². The third-order valence-corrected chi connectivity index (χ3v) is 5.94. The molecular weight excluding hydrogens is 310 g/mol. The molecule has 0 spiro atoms. The lowest BCUT2D eigenvalue weighted by atomic mass is 10.2. The lowest BCUT2D eigenvalue weighted by molar-refractivity contribution is 0.207. The molecule has 6 heteroatoms. The Balaban J connectivity index is 1.71. The molecule has 0 saturated carbocycles. The van der Waals surface area contributed by atoms with Crippen LogP contribution in [0.15, 0.2) is 48.8 Å². The van der Waals surface area contributed by atoms with Crippen molar-refractivity contribution in [3.63, 3.8) is 0 Å². The number of rotatable bonds is 2. The van der Waals surface area contributed by atoms with E-state index in [1.54, 1.807) is 4.90 Å². The molecule has 1 atom stereocenters. The lowest BCUT2D eigenvalue weighted by Crippen LogP contribution is -2.53. The van der Waals surface area contributed by atoms with E-state index in [0.29, 0.717) is 18.8 Å². The molecule has 122 valence electrons. The molecule has 1 aliphatic heterocycles. The summed E-state index contributed by atoms with van der Waals surface area (Å²) in [5.74, 6) is 0.532. The SMILES string of the molecule is CC1(C)CN(C(=O)Nc2cccc(-n3cccc3)c2)CCS1=O. The second kappa shape index (κ2) is 6.20. The Morgan fingerprint density at radius 1 is 1.22 bits per heavy atom. The molecule has 5 nitrogen and oxygen atoms in total. The fourth-order valence-electron chi connectivity index (χ4n) is 2.71. The van der Waals surface area contributed by atoms with Crippen LogP contribution < -0.4 is 5.32 Å². The van der Waals surface area contributed by atoms with Crippen LogP contribution >= 0.6 is 0 Å². The van der Waals surface area contributed by atoms with Gasteiger partial charge in [0.2, 0.25) is 0 Å². The normalized spacial score (nSPS) is 20.3. The highest BCUT2D eigenvalue weighted by Gasteiger charge is 2.35. The third kappa shape index (κ3) is 3.47. The van der Waals surface area contributed by atoms with E-state index in [1.807, 2.05) is 67.2 Å². The molecule has 2 heterocycles. The first-order chi connectivity index (χ1) is 11.0. The van der Waals surface area contributed by atoms with Crippen molar-refractivity contribution in [2.75, 3.05) is 24.2 Å². The Kier molecular flexibility index (Phi) is 4.26. The van der Waals surface area contributed by atoms with Gasteiger partial charge >= 0.3 is 6.03 Å². The van der Waals surface area contributed by atoms with Crippen molar-refractivity contribution in [2.45, 2.75) is 18.6 Å². The summed E-state index contributed by atoms with van der Waals surface area (Å²) in [5.41, 5.74) is 1.75. The molecule has 1 N–H and O–H groups in total. The summed E-state index contributed by atoms with van der Waals surface area (Å²) in [5, 5.41) is 2.94. The van der Waals surface area contributed by atoms with Crippen LogP contribution in [-0.4, -0.2) is 43.3 Å². The highest BCUT2D eigenvalue weighted by Crippen LogP contribution is 2.21. The number of carbonyl (C=O) groups is 1. The van der Waals surface area contributed by atoms with Crippen molar-refractivity contribution in [3.8, 4) is 5.69 Å². The number of hydrogen-bond donors (Lipinski definition) is 1. The van der Waals surface area contributed by atoms with Crippen LogP contribution in [0.1, 0.15) is 13.8 Å². The second-order valence-corrected chi connectivity index (χ2v) is 8.51. The monoisotopic (exact) mass is 331 g/mol. The maximum atomic E-state index is 12.5. The van der Waals surface area contributed by atoms with Gasteiger partial charge in [0.05, 0.1) is 4.75 Å². The quantitative estimate of drug-likeness (QED) is 0.920. The van der Waals surface area contributed by atoms with Crippen molar-refractivity contribution < 1.29 is 9.00 Å². The molecule has 1 aromatic heterocycles. The largest absolute Gasteiger partial charge is 0.324 e. The summed E-state index contributed by atoms with van der Waals surface area (Å²) >= 11 is 0. The minimum Gasteiger partial charge on any atom is -0.324 e. The zero-order valence-electron chi connectivity index (χ0n) is 13.4. The topological polar surface area (TPSA) is 54.3 Å². The molecule has 1 aromatic carbocycles. The van der Waals surface area contributed by atoms with E-state index in [0.717, 1.165) is 11.4 Å². The van der Waals surface area contributed by atoms with Crippen LogP contribution in [-0.2, 0) is 10.8 Å². The van der Waals surface area contributed by atoms with Crippen LogP contribution in [0.3, 0.4) is 0 Å². The van der Waals surface area contributed by atoms with Crippen molar-refractivity contribution in [1.29, 1.82) is 0 Å². The molecule has 2 aromatic rings. The van der Waals surface area contributed by atoms with Gasteiger partial charge in [-0.05, 0) is 44.2 Å². The van der Waals surface area contributed by atoms with E-state index in [-0.39, 0.29) is 10.8 Å². The molecule has 1 saturated heterocycles. The highest BCUT2D eigenvalue weighted by molar-refractivity contribution is 7.86. The molecule has 1 unspecified atom stereocenters. The number of anilines is 1. The van der Waals surface area contributed by atoms with E-state index in [4.69, 9.17) is 0 Å². The molecule has 2 amide bonds. The molecule has 1 fully saturated rings. The highest BCUT2D eigenvalue weighted by atomic mass is 32.2. The van der Waals surface area contributed by atoms with Crippen LogP contribution in [0, 0.1) is 0 Å². The zero-order chi connectivity index (χ0) is 16.4. The number of aromatic nitrogens is 1. The minimum absolute atomic E-state index is 0.139. The van der Waals surface area contributed by atoms with Crippen molar-refractivity contribution in [3.05, 3.63) is 48.8 Å². The first kappa shape index (κ1) is 15.8. The smallest absolute Gasteiger partial charge is 0.321 e. The number of benzene rings is 1. The first-order valence-corrected chi connectivity index (χ1v) is 8.95. The van der Waals surface area contributed by atoms with Gasteiger partial charge in [-0.1, -0.05) is 6.07 Å².